The molecule has 0 aliphatic heterocycles. The van der Waals surface area contributed by atoms with Crippen molar-refractivity contribution in [1.82, 2.24) is 20.1 Å². The molecule has 34 heavy (non-hydrogen) atoms. The van der Waals surface area contributed by atoms with Crippen molar-refractivity contribution in [3.8, 4) is 5.75 Å². The highest BCUT2D eigenvalue weighted by atomic mass is 32.2. The number of halogens is 1. The number of rotatable bonds is 10. The van der Waals surface area contributed by atoms with Gasteiger partial charge < -0.3 is 19.9 Å². The summed E-state index contributed by atoms with van der Waals surface area (Å²) in [6, 6.07) is 12.1. The Morgan fingerprint density at radius 1 is 1.09 bits per heavy atom. The molecule has 2 amide bonds. The number of thioether (sulfide) groups is 1. The van der Waals surface area contributed by atoms with Gasteiger partial charge in [-0.3, -0.25) is 9.59 Å². The molecule has 180 valence electrons. The van der Waals surface area contributed by atoms with Crippen LogP contribution in [0.2, 0.25) is 0 Å². The van der Waals surface area contributed by atoms with Crippen LogP contribution in [0.1, 0.15) is 43.0 Å². The predicted octanol–water partition coefficient (Wildman–Crippen LogP) is 4.21. The summed E-state index contributed by atoms with van der Waals surface area (Å²) in [7, 11) is 1.79. The third-order valence-electron chi connectivity index (χ3n) is 4.99. The summed E-state index contributed by atoms with van der Waals surface area (Å²) < 4.78 is 20.3. The number of amides is 2. The molecule has 1 atom stereocenters. The van der Waals surface area contributed by atoms with Crippen LogP contribution in [0.25, 0.3) is 0 Å². The summed E-state index contributed by atoms with van der Waals surface area (Å²) in [5.74, 6) is 0.571. The van der Waals surface area contributed by atoms with E-state index in [0.29, 0.717) is 28.8 Å². The Bertz CT molecular complexity index is 1120. The minimum Gasteiger partial charge on any atom is -0.494 e. The first-order valence-electron chi connectivity index (χ1n) is 10.9. The second-order valence-corrected chi connectivity index (χ2v) is 8.84. The zero-order valence-electron chi connectivity index (χ0n) is 19.5. The first-order valence-corrected chi connectivity index (χ1v) is 11.9. The summed E-state index contributed by atoms with van der Waals surface area (Å²) in [6.07, 6.45) is 0. The van der Waals surface area contributed by atoms with Gasteiger partial charge >= 0.3 is 0 Å². The van der Waals surface area contributed by atoms with E-state index >= 15 is 0 Å². The van der Waals surface area contributed by atoms with Crippen molar-refractivity contribution in [3.63, 3.8) is 0 Å². The van der Waals surface area contributed by atoms with E-state index in [1.54, 1.807) is 35.9 Å². The van der Waals surface area contributed by atoms with E-state index < -0.39 is 11.9 Å². The normalized spacial score (nSPS) is 11.8. The van der Waals surface area contributed by atoms with E-state index in [0.717, 1.165) is 5.75 Å². The summed E-state index contributed by atoms with van der Waals surface area (Å²) in [4.78, 5) is 25.0. The lowest BCUT2D eigenvalue weighted by Gasteiger charge is -2.21. The van der Waals surface area contributed by atoms with Crippen LogP contribution in [-0.2, 0) is 11.8 Å². The number of aromatic nitrogens is 3. The monoisotopic (exact) mass is 485 g/mol. The summed E-state index contributed by atoms with van der Waals surface area (Å²) >= 11 is 1.25. The Morgan fingerprint density at radius 2 is 1.76 bits per heavy atom. The molecule has 0 saturated carbocycles. The zero-order chi connectivity index (χ0) is 24.7. The van der Waals surface area contributed by atoms with Crippen LogP contribution in [0.3, 0.4) is 0 Å². The number of hydrogen-bond acceptors (Lipinski definition) is 6. The van der Waals surface area contributed by atoms with Gasteiger partial charge in [0.15, 0.2) is 11.0 Å². The van der Waals surface area contributed by atoms with Gasteiger partial charge in [-0.2, -0.15) is 0 Å². The fourth-order valence-corrected chi connectivity index (χ4v) is 3.92. The topological polar surface area (TPSA) is 98.1 Å². The van der Waals surface area contributed by atoms with Gasteiger partial charge in [0, 0.05) is 18.3 Å². The highest BCUT2D eigenvalue weighted by Crippen LogP contribution is 2.25. The lowest BCUT2D eigenvalue weighted by atomic mass is 10.0. The molecule has 3 aromatic rings. The fourth-order valence-electron chi connectivity index (χ4n) is 3.21. The molecule has 0 spiro atoms. The molecular formula is C24H28FN5O3S. The van der Waals surface area contributed by atoms with Crippen LogP contribution >= 0.6 is 11.8 Å². The molecule has 8 nitrogen and oxygen atoms in total. The molecule has 1 aromatic heterocycles. The number of carbonyl (C=O) groups is 2. The van der Waals surface area contributed by atoms with Crippen LogP contribution in [0.4, 0.5) is 10.1 Å². The summed E-state index contributed by atoms with van der Waals surface area (Å²) in [5.41, 5.74) is 1.03. The van der Waals surface area contributed by atoms with Crippen molar-refractivity contribution in [2.24, 2.45) is 13.0 Å². The largest absolute Gasteiger partial charge is 0.494 e. The van der Waals surface area contributed by atoms with Crippen LogP contribution in [0, 0.1) is 11.7 Å². The van der Waals surface area contributed by atoms with Crippen molar-refractivity contribution >= 4 is 29.3 Å². The van der Waals surface area contributed by atoms with Crippen molar-refractivity contribution in [1.29, 1.82) is 0 Å². The minimum absolute atomic E-state index is 0.0214. The summed E-state index contributed by atoms with van der Waals surface area (Å²) in [5, 5.41) is 14.8. The Hall–Kier alpha value is -3.40. The Balaban J connectivity index is 1.62. The molecule has 0 bridgehead atoms. The van der Waals surface area contributed by atoms with E-state index in [2.05, 4.69) is 20.8 Å². The quantitative estimate of drug-likeness (QED) is 0.418. The lowest BCUT2D eigenvalue weighted by Crippen LogP contribution is -2.33. The Labute approximate surface area is 202 Å². The van der Waals surface area contributed by atoms with E-state index in [1.165, 1.54) is 36.0 Å². The number of carbonyl (C=O) groups excluding carboxylic acids is 2. The van der Waals surface area contributed by atoms with Gasteiger partial charge in [0.2, 0.25) is 5.91 Å². The molecule has 0 unspecified atom stereocenters. The molecule has 0 saturated heterocycles. The van der Waals surface area contributed by atoms with Crippen LogP contribution < -0.4 is 15.4 Å². The highest BCUT2D eigenvalue weighted by molar-refractivity contribution is 7.99. The first kappa shape index (κ1) is 25.2. The second-order valence-electron chi connectivity index (χ2n) is 7.90. The molecular weight excluding hydrogens is 457 g/mol. The SMILES string of the molecule is CCOc1ccc(NC(=O)CSc2nnc([C@@H](NC(=O)c3ccc(F)cc3)C(C)C)n2C)cc1. The van der Waals surface area contributed by atoms with E-state index in [1.807, 2.05) is 20.8 Å². The molecule has 0 aliphatic rings. The number of hydrogen-bond donors (Lipinski definition) is 2. The third-order valence-corrected chi connectivity index (χ3v) is 6.01. The van der Waals surface area contributed by atoms with Crippen molar-refractivity contribution in [2.45, 2.75) is 32.0 Å². The first-order chi connectivity index (χ1) is 16.3. The Kier molecular flexibility index (Phi) is 8.64. The smallest absolute Gasteiger partial charge is 0.251 e. The van der Waals surface area contributed by atoms with Gasteiger partial charge in [-0.25, -0.2) is 4.39 Å². The van der Waals surface area contributed by atoms with E-state index in [4.69, 9.17) is 4.74 Å². The maximum Gasteiger partial charge on any atom is 0.251 e. The predicted molar refractivity (Wildman–Crippen MR) is 129 cm³/mol. The molecule has 2 N–H and O–H groups in total. The zero-order valence-corrected chi connectivity index (χ0v) is 20.4. The van der Waals surface area contributed by atoms with Crippen molar-refractivity contribution in [2.75, 3.05) is 17.7 Å². The molecule has 10 heteroatoms. The molecule has 0 aliphatic carbocycles. The second kappa shape index (κ2) is 11.6. The van der Waals surface area contributed by atoms with Crippen LogP contribution in [0.15, 0.2) is 53.7 Å². The van der Waals surface area contributed by atoms with E-state index in [9.17, 15) is 14.0 Å². The van der Waals surface area contributed by atoms with Gasteiger partial charge in [-0.15, -0.1) is 10.2 Å². The Morgan fingerprint density at radius 3 is 2.38 bits per heavy atom. The maximum atomic E-state index is 13.2. The van der Waals surface area contributed by atoms with Gasteiger partial charge in [0.25, 0.3) is 5.91 Å². The number of benzene rings is 2. The van der Waals surface area contributed by atoms with Gasteiger partial charge in [-0.05, 0) is 61.4 Å². The van der Waals surface area contributed by atoms with Crippen molar-refractivity contribution in [3.05, 3.63) is 65.7 Å². The van der Waals surface area contributed by atoms with Gasteiger partial charge in [0.05, 0.1) is 18.4 Å². The van der Waals surface area contributed by atoms with E-state index in [-0.39, 0.29) is 23.5 Å². The molecule has 3 rings (SSSR count). The van der Waals surface area contributed by atoms with Crippen LogP contribution in [-0.4, -0.2) is 38.9 Å². The average molecular weight is 486 g/mol. The molecule has 0 radical (unpaired) electrons. The number of nitrogens with one attached hydrogen (secondary N) is 2. The third kappa shape index (κ3) is 6.57. The number of ether oxygens (including phenoxy) is 1. The minimum atomic E-state index is -0.415. The highest BCUT2D eigenvalue weighted by Gasteiger charge is 2.25. The fraction of sp³-hybridized carbons (Fsp3) is 0.333. The van der Waals surface area contributed by atoms with Crippen molar-refractivity contribution < 1.29 is 18.7 Å². The lowest BCUT2D eigenvalue weighted by molar-refractivity contribution is -0.113. The molecule has 1 heterocycles. The standard InChI is InChI=1S/C24H28FN5O3S/c1-5-33-19-12-10-18(11-13-19)26-20(31)14-34-24-29-28-22(30(24)4)21(15(2)3)27-23(32)16-6-8-17(25)9-7-16/h6-13,15,21H,5,14H2,1-4H3,(H,26,31)(H,27,32)/t21-/m0/s1. The van der Waals surface area contributed by atoms with Gasteiger partial charge in [0.1, 0.15) is 11.6 Å². The summed E-state index contributed by atoms with van der Waals surface area (Å²) in [6.45, 7) is 6.41. The molecule has 0 fully saturated rings. The molecule has 2 aromatic carbocycles. The van der Waals surface area contributed by atoms with Gasteiger partial charge in [-0.1, -0.05) is 25.6 Å². The number of anilines is 1. The maximum absolute atomic E-state index is 13.2. The number of nitrogens with zero attached hydrogens (tertiary/aromatic N) is 3. The average Bonchev–Trinajstić information content (AvgIpc) is 3.17. The van der Waals surface area contributed by atoms with Crippen LogP contribution in [0.5, 0.6) is 5.75 Å².